The lowest BCUT2D eigenvalue weighted by Crippen LogP contribution is -2.44. The third kappa shape index (κ3) is 5.39. The zero-order chi connectivity index (χ0) is 24.2. The molecule has 0 aliphatic carbocycles. The first kappa shape index (κ1) is 24.1. The van der Waals surface area contributed by atoms with E-state index in [1.165, 1.54) is 11.1 Å². The zero-order valence-electron chi connectivity index (χ0n) is 20.7. The Morgan fingerprint density at radius 3 is 2.53 bits per heavy atom. The molecular formula is C28H35N3O3. The minimum atomic E-state index is -0.165. The number of carbonyl (C=O) groups excluding carboxylic acids is 2. The van der Waals surface area contributed by atoms with E-state index in [4.69, 9.17) is 9.84 Å². The molecule has 0 bridgehead atoms. The minimum Gasteiger partial charge on any atom is -0.466 e. The number of esters is 1. The van der Waals surface area contributed by atoms with Crippen LogP contribution in [0.1, 0.15) is 60.0 Å². The highest BCUT2D eigenvalue weighted by atomic mass is 16.5. The molecule has 0 radical (unpaired) electrons. The number of ether oxygens (including phenoxy) is 1. The standard InChI is InChI=1S/C28H35N3O3/c1-5-34-28(33)23-7-6-14-30(17-23)18-27(32)31-26(24-15-20(3)8-11-21(24)4)16-25(29-31)22-12-9-19(2)10-13-22/h8-13,15,23,26H,5-7,14,16-18H2,1-4H3/t23-,26+/m0/s1. The number of benzene rings is 2. The number of hydrogen-bond acceptors (Lipinski definition) is 5. The van der Waals surface area contributed by atoms with Crippen molar-refractivity contribution in [3.8, 4) is 0 Å². The summed E-state index contributed by atoms with van der Waals surface area (Å²) < 4.78 is 5.22. The predicted molar refractivity (Wildman–Crippen MR) is 134 cm³/mol. The van der Waals surface area contributed by atoms with E-state index in [0.29, 0.717) is 19.6 Å². The van der Waals surface area contributed by atoms with E-state index < -0.39 is 0 Å². The van der Waals surface area contributed by atoms with Crippen LogP contribution < -0.4 is 0 Å². The molecule has 6 heteroatoms. The Bertz CT molecular complexity index is 1080. The average molecular weight is 462 g/mol. The fraction of sp³-hybridized carbons (Fsp3) is 0.464. The van der Waals surface area contributed by atoms with Crippen LogP contribution in [0.5, 0.6) is 0 Å². The molecule has 4 rings (SSSR count). The molecular weight excluding hydrogens is 426 g/mol. The van der Waals surface area contributed by atoms with Gasteiger partial charge in [-0.05, 0) is 63.8 Å². The van der Waals surface area contributed by atoms with Crippen molar-refractivity contribution in [3.63, 3.8) is 0 Å². The van der Waals surface area contributed by atoms with Gasteiger partial charge < -0.3 is 4.74 Å². The molecule has 6 nitrogen and oxygen atoms in total. The van der Waals surface area contributed by atoms with Gasteiger partial charge in [0.1, 0.15) is 0 Å². The molecule has 0 saturated carbocycles. The number of hydrogen-bond donors (Lipinski definition) is 0. The monoisotopic (exact) mass is 461 g/mol. The molecule has 0 N–H and O–H groups in total. The zero-order valence-corrected chi connectivity index (χ0v) is 20.7. The van der Waals surface area contributed by atoms with Crippen LogP contribution in [0.4, 0.5) is 0 Å². The second kappa shape index (κ2) is 10.5. The van der Waals surface area contributed by atoms with Gasteiger partial charge in [-0.25, -0.2) is 5.01 Å². The fourth-order valence-corrected chi connectivity index (χ4v) is 4.94. The van der Waals surface area contributed by atoms with Crippen molar-refractivity contribution < 1.29 is 14.3 Å². The van der Waals surface area contributed by atoms with Crippen molar-refractivity contribution in [2.75, 3.05) is 26.2 Å². The Morgan fingerprint density at radius 1 is 1.06 bits per heavy atom. The topological polar surface area (TPSA) is 62.2 Å². The minimum absolute atomic E-state index is 0.0301. The lowest BCUT2D eigenvalue weighted by Gasteiger charge is -2.32. The van der Waals surface area contributed by atoms with Crippen molar-refractivity contribution in [1.29, 1.82) is 0 Å². The molecule has 180 valence electrons. The van der Waals surface area contributed by atoms with E-state index >= 15 is 0 Å². The van der Waals surface area contributed by atoms with E-state index in [1.807, 2.05) is 6.92 Å². The van der Waals surface area contributed by atoms with Crippen LogP contribution in [0.2, 0.25) is 0 Å². The van der Waals surface area contributed by atoms with Crippen LogP contribution in [0, 0.1) is 26.7 Å². The molecule has 0 aromatic heterocycles. The molecule has 2 aromatic rings. The normalized spacial score (nSPS) is 20.8. The van der Waals surface area contributed by atoms with Gasteiger partial charge in [-0.3, -0.25) is 14.5 Å². The Morgan fingerprint density at radius 2 is 1.79 bits per heavy atom. The van der Waals surface area contributed by atoms with Gasteiger partial charge in [0.15, 0.2) is 0 Å². The Kier molecular flexibility index (Phi) is 7.47. The molecule has 1 saturated heterocycles. The van der Waals surface area contributed by atoms with Crippen LogP contribution in [0.25, 0.3) is 0 Å². The lowest BCUT2D eigenvalue weighted by atomic mass is 9.93. The smallest absolute Gasteiger partial charge is 0.310 e. The predicted octanol–water partition coefficient (Wildman–Crippen LogP) is 4.56. The Labute approximate surface area is 202 Å². The van der Waals surface area contributed by atoms with Crippen LogP contribution >= 0.6 is 0 Å². The maximum absolute atomic E-state index is 13.6. The first-order valence-corrected chi connectivity index (χ1v) is 12.3. The van der Waals surface area contributed by atoms with Gasteiger partial charge in [-0.2, -0.15) is 5.10 Å². The Hall–Kier alpha value is -2.99. The molecule has 0 unspecified atom stereocenters. The van der Waals surface area contributed by atoms with Gasteiger partial charge in [0.05, 0.1) is 30.8 Å². The molecule has 34 heavy (non-hydrogen) atoms. The van der Waals surface area contributed by atoms with Crippen molar-refractivity contribution in [2.24, 2.45) is 11.0 Å². The lowest BCUT2D eigenvalue weighted by molar-refractivity contribution is -0.150. The largest absolute Gasteiger partial charge is 0.466 e. The van der Waals surface area contributed by atoms with E-state index in [9.17, 15) is 9.59 Å². The van der Waals surface area contributed by atoms with Gasteiger partial charge >= 0.3 is 5.97 Å². The second-order valence-electron chi connectivity index (χ2n) is 9.56. The summed E-state index contributed by atoms with van der Waals surface area (Å²) >= 11 is 0. The molecule has 1 amide bonds. The number of likely N-dealkylation sites (tertiary alicyclic amines) is 1. The van der Waals surface area contributed by atoms with Crippen LogP contribution in [-0.4, -0.2) is 53.7 Å². The van der Waals surface area contributed by atoms with Crippen molar-refractivity contribution >= 4 is 17.6 Å². The summed E-state index contributed by atoms with van der Waals surface area (Å²) in [5, 5.41) is 6.53. The van der Waals surface area contributed by atoms with E-state index in [1.54, 1.807) is 5.01 Å². The number of amides is 1. The van der Waals surface area contributed by atoms with Crippen molar-refractivity contribution in [1.82, 2.24) is 9.91 Å². The number of hydrazone groups is 1. The van der Waals surface area contributed by atoms with Gasteiger partial charge in [0, 0.05) is 13.0 Å². The number of piperidine rings is 1. The number of rotatable bonds is 6. The summed E-state index contributed by atoms with van der Waals surface area (Å²) in [6, 6.07) is 14.6. The van der Waals surface area contributed by atoms with E-state index in [-0.39, 0.29) is 30.4 Å². The SMILES string of the molecule is CCOC(=O)[C@H]1CCCN(CC(=O)N2N=C(c3ccc(C)cc3)C[C@@H]2c2cc(C)ccc2C)C1. The first-order valence-electron chi connectivity index (χ1n) is 12.3. The third-order valence-corrected chi connectivity index (χ3v) is 6.83. The highest BCUT2D eigenvalue weighted by molar-refractivity contribution is 6.03. The summed E-state index contributed by atoms with van der Waals surface area (Å²) in [5.74, 6) is -0.354. The Balaban J connectivity index is 1.57. The molecule has 2 atom stereocenters. The summed E-state index contributed by atoms with van der Waals surface area (Å²) in [4.78, 5) is 27.9. The third-order valence-electron chi connectivity index (χ3n) is 6.83. The number of aryl methyl sites for hydroxylation is 3. The first-order chi connectivity index (χ1) is 16.4. The van der Waals surface area contributed by atoms with Crippen molar-refractivity contribution in [2.45, 2.75) is 53.0 Å². The molecule has 2 aliphatic rings. The molecule has 2 aliphatic heterocycles. The summed E-state index contributed by atoms with van der Waals surface area (Å²) in [7, 11) is 0. The summed E-state index contributed by atoms with van der Waals surface area (Å²) in [6.07, 6.45) is 2.38. The maximum atomic E-state index is 13.6. The van der Waals surface area contributed by atoms with Crippen molar-refractivity contribution in [3.05, 3.63) is 70.3 Å². The highest BCUT2D eigenvalue weighted by Gasteiger charge is 2.36. The molecule has 0 spiro atoms. The summed E-state index contributed by atoms with van der Waals surface area (Å²) in [5.41, 5.74) is 6.66. The average Bonchev–Trinajstić information content (AvgIpc) is 3.27. The van der Waals surface area contributed by atoms with E-state index in [2.05, 4.69) is 68.1 Å². The van der Waals surface area contributed by atoms with Crippen LogP contribution in [-0.2, 0) is 14.3 Å². The number of nitrogens with zero attached hydrogens (tertiary/aromatic N) is 3. The van der Waals surface area contributed by atoms with Gasteiger partial charge in [0.2, 0.25) is 0 Å². The van der Waals surface area contributed by atoms with Crippen LogP contribution in [0.15, 0.2) is 47.6 Å². The molecule has 2 heterocycles. The molecule has 2 aromatic carbocycles. The van der Waals surface area contributed by atoms with E-state index in [0.717, 1.165) is 41.8 Å². The second-order valence-corrected chi connectivity index (χ2v) is 9.56. The van der Waals surface area contributed by atoms with Gasteiger partial charge in [0.25, 0.3) is 5.91 Å². The maximum Gasteiger partial charge on any atom is 0.310 e. The fourth-order valence-electron chi connectivity index (χ4n) is 4.94. The van der Waals surface area contributed by atoms with Gasteiger partial charge in [-0.1, -0.05) is 53.6 Å². The number of carbonyl (C=O) groups is 2. The van der Waals surface area contributed by atoms with Gasteiger partial charge in [-0.15, -0.1) is 0 Å². The summed E-state index contributed by atoms with van der Waals surface area (Å²) in [6.45, 7) is 10.1. The highest BCUT2D eigenvalue weighted by Crippen LogP contribution is 2.35. The molecule has 1 fully saturated rings. The van der Waals surface area contributed by atoms with Crippen LogP contribution in [0.3, 0.4) is 0 Å². The quantitative estimate of drug-likeness (QED) is 0.592.